The van der Waals surface area contributed by atoms with Gasteiger partial charge in [0.25, 0.3) is 15.8 Å². The third-order valence-electron chi connectivity index (χ3n) is 3.42. The van der Waals surface area contributed by atoms with Crippen molar-refractivity contribution < 1.29 is 27.5 Å². The zero-order valence-electron chi connectivity index (χ0n) is 14.4. The molecule has 0 bridgehead atoms. The number of benzene rings is 1. The summed E-state index contributed by atoms with van der Waals surface area (Å²) < 4.78 is 37.0. The van der Waals surface area contributed by atoms with Crippen molar-refractivity contribution in [2.45, 2.75) is 24.5 Å². The first-order valence-corrected chi connectivity index (χ1v) is 10.1. The van der Waals surface area contributed by atoms with Crippen LogP contribution in [0.1, 0.15) is 13.8 Å². The molecule has 2 N–H and O–H groups in total. The Morgan fingerprint density at radius 2 is 1.67 bits per heavy atom. The molecule has 0 amide bonds. The minimum Gasteiger partial charge on any atom is -0.419 e. The fourth-order valence-electron chi connectivity index (χ4n) is 2.19. The zero-order valence-corrected chi connectivity index (χ0v) is 16.0. The van der Waals surface area contributed by atoms with Crippen molar-refractivity contribution in [2.75, 3.05) is 10.0 Å². The van der Waals surface area contributed by atoms with Crippen LogP contribution in [0.25, 0.3) is 0 Å². The fraction of sp³-hybridized carbons (Fsp3) is 0.176. The van der Waals surface area contributed by atoms with E-state index in [1.54, 1.807) is 17.5 Å². The van der Waals surface area contributed by atoms with Crippen molar-refractivity contribution >= 4 is 44.0 Å². The summed E-state index contributed by atoms with van der Waals surface area (Å²) in [5.41, 5.74) is 0.188. The highest BCUT2D eigenvalue weighted by Crippen LogP contribution is 2.24. The predicted molar refractivity (Wildman–Crippen MR) is 99.5 cm³/mol. The summed E-state index contributed by atoms with van der Waals surface area (Å²) in [6.45, 7) is 2.91. The average Bonchev–Trinajstić information content (AvgIpc) is 3.05. The van der Waals surface area contributed by atoms with Gasteiger partial charge >= 0.3 is 11.9 Å². The molecule has 1 saturated heterocycles. The van der Waals surface area contributed by atoms with Crippen molar-refractivity contribution in [1.82, 2.24) is 0 Å². The lowest BCUT2D eigenvalue weighted by molar-refractivity contribution is -0.222. The molecule has 2 aromatic rings. The molecule has 142 valence electrons. The number of thiophene rings is 1. The van der Waals surface area contributed by atoms with Gasteiger partial charge in [-0.05, 0) is 41.8 Å². The van der Waals surface area contributed by atoms with Crippen LogP contribution in [0.15, 0.2) is 58.4 Å². The summed E-state index contributed by atoms with van der Waals surface area (Å²) >= 11 is 1.27. The molecule has 1 aliphatic heterocycles. The number of rotatable bonds is 5. The van der Waals surface area contributed by atoms with Crippen LogP contribution in [0, 0.1) is 0 Å². The number of hydrogen-bond acceptors (Lipinski definition) is 8. The van der Waals surface area contributed by atoms with Crippen LogP contribution < -0.4 is 10.0 Å². The number of hydrogen-bond donors (Lipinski definition) is 2. The Balaban J connectivity index is 1.71. The largest absolute Gasteiger partial charge is 0.419 e. The number of nitrogens with one attached hydrogen (secondary N) is 2. The van der Waals surface area contributed by atoms with E-state index in [0.717, 1.165) is 6.20 Å². The van der Waals surface area contributed by atoms with E-state index in [9.17, 15) is 18.0 Å². The third kappa shape index (κ3) is 4.47. The number of esters is 2. The quantitative estimate of drug-likeness (QED) is 0.444. The zero-order chi connectivity index (χ0) is 19.7. The normalized spacial score (nSPS) is 16.3. The number of sulfonamides is 1. The van der Waals surface area contributed by atoms with Crippen LogP contribution in [-0.2, 0) is 29.1 Å². The number of ether oxygens (including phenoxy) is 2. The van der Waals surface area contributed by atoms with Crippen molar-refractivity contribution in [3.8, 4) is 0 Å². The molecule has 27 heavy (non-hydrogen) atoms. The highest BCUT2D eigenvalue weighted by molar-refractivity contribution is 7.93. The van der Waals surface area contributed by atoms with Gasteiger partial charge in [-0.2, -0.15) is 0 Å². The van der Waals surface area contributed by atoms with Crippen LogP contribution in [0.3, 0.4) is 0 Å². The van der Waals surface area contributed by atoms with Crippen LogP contribution in [-0.4, -0.2) is 26.1 Å². The van der Waals surface area contributed by atoms with Crippen molar-refractivity contribution in [1.29, 1.82) is 0 Å². The molecular formula is C17H16N2O6S2. The first kappa shape index (κ1) is 18.9. The minimum absolute atomic E-state index is 0.0762. The lowest BCUT2D eigenvalue weighted by Gasteiger charge is -2.29. The van der Waals surface area contributed by atoms with Gasteiger partial charge in [-0.25, -0.2) is 18.0 Å². The van der Waals surface area contributed by atoms with Crippen molar-refractivity contribution in [2.24, 2.45) is 0 Å². The first-order chi connectivity index (χ1) is 12.7. The van der Waals surface area contributed by atoms with Gasteiger partial charge in [0.05, 0.1) is 4.90 Å². The SMILES string of the molecule is CC1(C)OC(=O)C(=CNc2ccc(S(=O)(=O)Nc3cccs3)cc2)C(=O)O1. The van der Waals surface area contributed by atoms with E-state index in [4.69, 9.17) is 9.47 Å². The van der Waals surface area contributed by atoms with Gasteiger partial charge in [-0.1, -0.05) is 0 Å². The second-order valence-corrected chi connectivity index (χ2v) is 8.62. The Morgan fingerprint density at radius 1 is 1.04 bits per heavy atom. The fourth-order valence-corrected chi connectivity index (χ4v) is 4.12. The highest BCUT2D eigenvalue weighted by atomic mass is 32.2. The number of carbonyl (C=O) groups is 2. The van der Waals surface area contributed by atoms with E-state index in [1.807, 2.05) is 0 Å². The molecule has 0 spiro atoms. The molecule has 8 nitrogen and oxygen atoms in total. The third-order valence-corrected chi connectivity index (χ3v) is 5.72. The molecule has 0 unspecified atom stereocenters. The molecular weight excluding hydrogens is 392 g/mol. The number of anilines is 2. The van der Waals surface area contributed by atoms with Gasteiger partial charge in [0.1, 0.15) is 5.00 Å². The smallest absolute Gasteiger partial charge is 0.350 e. The Hall–Kier alpha value is -2.85. The molecule has 10 heteroatoms. The predicted octanol–water partition coefficient (Wildman–Crippen LogP) is 2.68. The van der Waals surface area contributed by atoms with E-state index in [2.05, 4.69) is 10.0 Å². The summed E-state index contributed by atoms with van der Waals surface area (Å²) in [5, 5.41) is 5.03. The van der Waals surface area contributed by atoms with Crippen molar-refractivity contribution in [3.63, 3.8) is 0 Å². The maximum atomic E-state index is 12.3. The Labute approximate surface area is 159 Å². The van der Waals surface area contributed by atoms with Crippen LogP contribution in [0.5, 0.6) is 0 Å². The molecule has 3 rings (SSSR count). The van der Waals surface area contributed by atoms with E-state index >= 15 is 0 Å². The maximum absolute atomic E-state index is 12.3. The standard InChI is InChI=1S/C17H16N2O6S2/c1-17(2)24-15(20)13(16(21)25-17)10-18-11-5-7-12(8-6-11)27(22,23)19-14-4-3-9-26-14/h3-10,18-19H,1-2H3. The average molecular weight is 408 g/mol. The van der Waals surface area contributed by atoms with Crippen LogP contribution in [0.2, 0.25) is 0 Å². The molecule has 0 atom stereocenters. The van der Waals surface area contributed by atoms with Crippen LogP contribution in [0.4, 0.5) is 10.7 Å². The summed E-state index contributed by atoms with van der Waals surface area (Å²) in [4.78, 5) is 23.8. The lowest BCUT2D eigenvalue weighted by Crippen LogP contribution is -2.42. The second kappa shape index (κ2) is 7.05. The van der Waals surface area contributed by atoms with Gasteiger partial charge < -0.3 is 14.8 Å². The molecule has 1 aliphatic rings. The lowest BCUT2D eigenvalue weighted by atomic mass is 10.2. The van der Waals surface area contributed by atoms with Gasteiger partial charge in [-0.3, -0.25) is 4.72 Å². The van der Waals surface area contributed by atoms with E-state index in [0.29, 0.717) is 10.7 Å². The molecule has 1 aromatic carbocycles. The van der Waals surface area contributed by atoms with Gasteiger partial charge in [0.2, 0.25) is 0 Å². The number of cyclic esters (lactones) is 2. The first-order valence-electron chi connectivity index (χ1n) is 7.76. The highest BCUT2D eigenvalue weighted by Gasteiger charge is 2.38. The summed E-state index contributed by atoms with van der Waals surface area (Å²) in [5.74, 6) is -2.91. The Morgan fingerprint density at radius 3 is 2.22 bits per heavy atom. The maximum Gasteiger partial charge on any atom is 0.350 e. The monoisotopic (exact) mass is 408 g/mol. The molecule has 0 aliphatic carbocycles. The summed E-state index contributed by atoms with van der Waals surface area (Å²) in [7, 11) is -3.70. The minimum atomic E-state index is -3.70. The summed E-state index contributed by atoms with van der Waals surface area (Å²) in [6, 6.07) is 9.21. The Kier molecular flexibility index (Phi) is 4.94. The topological polar surface area (TPSA) is 111 Å². The molecule has 1 aromatic heterocycles. The molecule has 0 saturated carbocycles. The van der Waals surface area contributed by atoms with E-state index < -0.39 is 27.7 Å². The van der Waals surface area contributed by atoms with Gasteiger partial charge in [0, 0.05) is 25.7 Å². The van der Waals surface area contributed by atoms with E-state index in [1.165, 1.54) is 49.4 Å². The molecule has 2 heterocycles. The van der Waals surface area contributed by atoms with Crippen molar-refractivity contribution in [3.05, 3.63) is 53.6 Å². The van der Waals surface area contributed by atoms with E-state index in [-0.39, 0.29) is 10.5 Å². The van der Waals surface area contributed by atoms with Gasteiger partial charge in [-0.15, -0.1) is 11.3 Å². The van der Waals surface area contributed by atoms with Gasteiger partial charge in [0.15, 0.2) is 5.57 Å². The van der Waals surface area contributed by atoms with Crippen LogP contribution >= 0.6 is 11.3 Å². The summed E-state index contributed by atoms with van der Waals surface area (Å²) in [6.07, 6.45) is 1.16. The second-order valence-electron chi connectivity index (χ2n) is 5.99. The number of carbonyl (C=O) groups excluding carboxylic acids is 2. The molecule has 1 fully saturated rings. The Bertz CT molecular complexity index is 971. The molecule has 0 radical (unpaired) electrons.